The van der Waals surface area contributed by atoms with Crippen LogP contribution in [0.1, 0.15) is 11.1 Å². The molecule has 490 valence electrons. The van der Waals surface area contributed by atoms with Crippen molar-refractivity contribution in [2.45, 2.75) is 0 Å². The van der Waals surface area contributed by atoms with Crippen molar-refractivity contribution in [2.75, 3.05) is 0 Å². The number of hydrogen-bond donors (Lipinski definition) is 0. The second-order valence-electron chi connectivity index (χ2n) is 27.5. The molecule has 0 atom stereocenters. The first kappa shape index (κ1) is 58.9. The summed E-state index contributed by atoms with van der Waals surface area (Å²) in [6, 6.07) is 120. The molecule has 22 aromatic rings. The van der Waals surface area contributed by atoms with Gasteiger partial charge in [0.2, 0.25) is 0 Å². The van der Waals surface area contributed by atoms with Crippen LogP contribution < -0.4 is 0 Å². The van der Waals surface area contributed by atoms with Crippen LogP contribution in [0.15, 0.2) is 336 Å². The van der Waals surface area contributed by atoms with E-state index in [4.69, 9.17) is 18.8 Å². The molecule has 22 rings (SSSR count). The van der Waals surface area contributed by atoms with Crippen LogP contribution in [-0.4, -0.2) is 28.2 Å². The van der Waals surface area contributed by atoms with Crippen LogP contribution >= 0.6 is 0 Å². The molecular formula is C96H54N8O2. The van der Waals surface area contributed by atoms with Gasteiger partial charge in [-0.1, -0.05) is 127 Å². The highest BCUT2D eigenvalue weighted by Gasteiger charge is 2.23. The van der Waals surface area contributed by atoms with E-state index in [9.17, 15) is 10.5 Å². The molecule has 0 radical (unpaired) electrons. The monoisotopic (exact) mass is 1350 g/mol. The molecule has 106 heavy (non-hydrogen) atoms. The van der Waals surface area contributed by atoms with Gasteiger partial charge >= 0.3 is 0 Å². The average molecular weight is 1350 g/mol. The molecule has 15 aromatic carbocycles. The first-order chi connectivity index (χ1) is 52.4. The fourth-order valence-electron chi connectivity index (χ4n) is 16.7. The van der Waals surface area contributed by atoms with Crippen LogP contribution in [0.4, 0.5) is 0 Å². The zero-order valence-corrected chi connectivity index (χ0v) is 56.6. The van der Waals surface area contributed by atoms with Gasteiger partial charge in [-0.3, -0.25) is 0 Å². The predicted octanol–water partition coefficient (Wildman–Crippen LogP) is 24.7. The van der Waals surface area contributed by atoms with E-state index in [0.29, 0.717) is 17.0 Å². The zero-order chi connectivity index (χ0) is 69.8. The normalized spacial score (nSPS) is 11.9. The van der Waals surface area contributed by atoms with Gasteiger partial charge in [0, 0.05) is 104 Å². The van der Waals surface area contributed by atoms with E-state index in [1.807, 2.05) is 60.7 Å². The van der Waals surface area contributed by atoms with Crippen molar-refractivity contribution < 1.29 is 8.83 Å². The van der Waals surface area contributed by atoms with Crippen LogP contribution in [-0.2, 0) is 0 Å². The molecule has 0 aliphatic rings. The number of nitriles is 2. The average Bonchev–Trinajstić information content (AvgIpc) is 1.59. The standard InChI is InChI=1S/C96H54N8O2/c97-55-57-22-32-66(33-23-57)101-84-18-8-4-14-70(84)74-46-60(26-38-88(74)101)62-28-40-90-76(48-62)72-16-6-10-20-86(72)103(90)68-36-44-94-80(52-68)78-50-64(30-42-92(78)105-94)83-54-82(59-12-2-1-3-13-59)99-96(100-83)65-31-43-93-79(51-65)81-53-69(37-45-95(81)106-93)104-87-21-11-7-17-73(87)77-49-63(29-41-91(77)104)61-27-39-89-75(47-61)71-15-5-9-19-85(71)102(89)67-34-24-58(56-98)25-35-67/h1-54H. The van der Waals surface area contributed by atoms with Gasteiger partial charge in [-0.15, -0.1) is 0 Å². The quantitative estimate of drug-likeness (QED) is 0.142. The molecule has 0 aliphatic carbocycles. The van der Waals surface area contributed by atoms with Crippen molar-refractivity contribution in [1.29, 1.82) is 10.5 Å². The highest BCUT2D eigenvalue weighted by molar-refractivity contribution is 6.16. The summed E-state index contributed by atoms with van der Waals surface area (Å²) in [6.45, 7) is 0. The van der Waals surface area contributed by atoms with Crippen molar-refractivity contribution >= 4 is 131 Å². The van der Waals surface area contributed by atoms with E-state index in [0.717, 1.165) is 177 Å². The second-order valence-corrected chi connectivity index (χ2v) is 27.5. The third kappa shape index (κ3) is 9.02. The van der Waals surface area contributed by atoms with Gasteiger partial charge in [-0.05, 0) is 222 Å². The van der Waals surface area contributed by atoms with Gasteiger partial charge in [-0.2, -0.15) is 10.5 Å². The Morgan fingerprint density at radius 3 is 0.906 bits per heavy atom. The lowest BCUT2D eigenvalue weighted by molar-refractivity contribution is 0.668. The maximum Gasteiger partial charge on any atom is 0.160 e. The summed E-state index contributed by atoms with van der Waals surface area (Å²) in [7, 11) is 0. The van der Waals surface area contributed by atoms with Crippen LogP contribution in [0.2, 0.25) is 0 Å². The van der Waals surface area contributed by atoms with E-state index < -0.39 is 0 Å². The Balaban J connectivity index is 0.619. The van der Waals surface area contributed by atoms with Crippen molar-refractivity contribution in [1.82, 2.24) is 28.2 Å². The molecule has 0 spiro atoms. The molecule has 0 aliphatic heterocycles. The number of nitrogens with zero attached hydrogens (tertiary/aromatic N) is 8. The van der Waals surface area contributed by atoms with Gasteiger partial charge in [-0.25, -0.2) is 9.97 Å². The predicted molar refractivity (Wildman–Crippen MR) is 431 cm³/mol. The first-order valence-corrected chi connectivity index (χ1v) is 35.4. The Hall–Kier alpha value is -14.8. The molecule has 10 heteroatoms. The SMILES string of the molecule is N#Cc1ccc(-n2c3ccccc3c3cc(-c4ccc5c(c4)c4ccccc4n5-c4ccc5oc6ccc(-c7cc(-c8ccccc8)nc(-c8ccc9oc%10ccc(-n%11c%12ccccc%12c%12cc(-c%13ccc%14c(c%13)c%13ccccc%13n%14-c%13ccc(C#N)cc%13)ccc%12%11)cc%10c9c8)n7)cc6c5c4)ccc32)cc1. The lowest BCUT2D eigenvalue weighted by Gasteiger charge is -2.10. The Morgan fingerprint density at radius 2 is 0.509 bits per heavy atom. The van der Waals surface area contributed by atoms with E-state index in [-0.39, 0.29) is 0 Å². The van der Waals surface area contributed by atoms with Crippen LogP contribution in [0.25, 0.3) is 210 Å². The van der Waals surface area contributed by atoms with Gasteiger partial charge in [0.1, 0.15) is 22.3 Å². The van der Waals surface area contributed by atoms with Gasteiger partial charge in [0.15, 0.2) is 5.82 Å². The topological polar surface area (TPSA) is 119 Å². The molecule has 7 aromatic heterocycles. The Bertz CT molecular complexity index is 7170. The largest absolute Gasteiger partial charge is 0.456 e. The number of aromatic nitrogens is 6. The van der Waals surface area contributed by atoms with E-state index in [1.165, 1.54) is 26.9 Å². The number of benzene rings is 15. The molecule has 0 bridgehead atoms. The number of rotatable bonds is 9. The summed E-state index contributed by atoms with van der Waals surface area (Å²) < 4.78 is 22.6. The zero-order valence-electron chi connectivity index (χ0n) is 56.6. The van der Waals surface area contributed by atoms with Crippen LogP contribution in [0.5, 0.6) is 0 Å². The number of furan rings is 2. The molecule has 0 amide bonds. The van der Waals surface area contributed by atoms with Gasteiger partial charge in [0.05, 0.1) is 78.8 Å². The van der Waals surface area contributed by atoms with Gasteiger partial charge in [0.25, 0.3) is 0 Å². The van der Waals surface area contributed by atoms with Crippen LogP contribution in [0.3, 0.4) is 0 Å². The molecule has 7 heterocycles. The Morgan fingerprint density at radius 1 is 0.217 bits per heavy atom. The summed E-state index contributed by atoms with van der Waals surface area (Å²) in [5.41, 5.74) is 26.3. The molecule has 0 saturated heterocycles. The van der Waals surface area contributed by atoms with Crippen molar-refractivity contribution in [3.8, 4) is 91.0 Å². The third-order valence-electron chi connectivity index (χ3n) is 21.6. The fraction of sp³-hybridized carbons (Fsp3) is 0. The number of hydrogen-bond acceptors (Lipinski definition) is 6. The van der Waals surface area contributed by atoms with E-state index >= 15 is 0 Å². The summed E-state index contributed by atoms with van der Waals surface area (Å²) in [4.78, 5) is 10.8. The fourth-order valence-corrected chi connectivity index (χ4v) is 16.7. The maximum absolute atomic E-state index is 9.56. The highest BCUT2D eigenvalue weighted by Crippen LogP contribution is 2.44. The van der Waals surface area contributed by atoms with Crippen molar-refractivity contribution in [3.05, 3.63) is 339 Å². The number of fused-ring (bicyclic) bond motifs is 18. The smallest absolute Gasteiger partial charge is 0.160 e. The summed E-state index contributed by atoms with van der Waals surface area (Å²) in [6.07, 6.45) is 0. The van der Waals surface area contributed by atoms with Crippen molar-refractivity contribution in [3.63, 3.8) is 0 Å². The van der Waals surface area contributed by atoms with Crippen molar-refractivity contribution in [2.24, 2.45) is 0 Å². The van der Waals surface area contributed by atoms with E-state index in [2.05, 4.69) is 297 Å². The summed E-state index contributed by atoms with van der Waals surface area (Å²) >= 11 is 0. The molecule has 0 unspecified atom stereocenters. The Kier molecular flexibility index (Phi) is 12.7. The minimum absolute atomic E-state index is 0.597. The highest BCUT2D eigenvalue weighted by atomic mass is 16.3. The lowest BCUT2D eigenvalue weighted by Crippen LogP contribution is -1.96. The molecule has 0 fully saturated rings. The molecule has 10 nitrogen and oxygen atoms in total. The second kappa shape index (κ2) is 22.8. The minimum Gasteiger partial charge on any atom is -0.456 e. The third-order valence-corrected chi connectivity index (χ3v) is 21.6. The molecular weight excluding hydrogens is 1300 g/mol. The van der Waals surface area contributed by atoms with E-state index in [1.54, 1.807) is 0 Å². The number of para-hydroxylation sites is 4. The summed E-state index contributed by atoms with van der Waals surface area (Å²) in [5.74, 6) is 0.597. The van der Waals surface area contributed by atoms with Crippen LogP contribution in [0, 0.1) is 22.7 Å². The maximum atomic E-state index is 9.56. The molecule has 0 N–H and O–H groups in total. The summed E-state index contributed by atoms with van der Waals surface area (Å²) in [5, 5.41) is 32.4. The molecule has 0 saturated carbocycles. The Labute approximate surface area is 604 Å². The lowest BCUT2D eigenvalue weighted by atomic mass is 10.0. The first-order valence-electron chi connectivity index (χ1n) is 35.4. The van der Waals surface area contributed by atoms with Gasteiger partial charge < -0.3 is 27.1 Å². The minimum atomic E-state index is 0.597.